The Morgan fingerprint density at radius 3 is 1.88 bits per heavy atom. The third-order valence-electron chi connectivity index (χ3n) is 3.98. The van der Waals surface area contributed by atoms with Gasteiger partial charge in [0.15, 0.2) is 0 Å². The molecule has 0 saturated carbocycles. The summed E-state index contributed by atoms with van der Waals surface area (Å²) in [6.07, 6.45) is 3.06. The molecule has 2 unspecified atom stereocenters. The van der Waals surface area contributed by atoms with Gasteiger partial charge in [-0.25, -0.2) is 0 Å². The molecule has 0 aromatic rings. The number of likely N-dealkylation sites (N-methyl/N-ethyl adjacent to an activating group) is 1. The van der Waals surface area contributed by atoms with Gasteiger partial charge < -0.3 is 10.0 Å². The number of hydrogen-bond acceptors (Lipinski definition) is 2. The Morgan fingerprint density at radius 1 is 1.06 bits per heavy atom. The maximum Gasteiger partial charge on any atom is 0.0720 e. The first kappa shape index (κ1) is 16.9. The largest absolute Gasteiger partial charge is 0.391 e. The topological polar surface area (TPSA) is 23.5 Å². The first-order valence-electron chi connectivity index (χ1n) is 6.82. The molecule has 0 aromatic heterocycles. The Kier molecular flexibility index (Phi) is 6.16. The van der Waals surface area contributed by atoms with Crippen molar-refractivity contribution in [2.24, 2.45) is 11.3 Å². The molecule has 0 amide bonds. The van der Waals surface area contributed by atoms with Crippen LogP contribution in [0.5, 0.6) is 0 Å². The van der Waals surface area contributed by atoms with Crippen LogP contribution < -0.4 is 0 Å². The molecule has 0 heterocycles. The SMILES string of the molecule is CC(CCC(C)(C)C)CC(O)C(C)(C)N(C)C. The summed E-state index contributed by atoms with van der Waals surface area (Å²) in [5.74, 6) is 0.587. The predicted octanol–water partition coefficient (Wildman–Crippen LogP) is 3.54. The summed E-state index contributed by atoms with van der Waals surface area (Å²) in [5, 5.41) is 10.3. The van der Waals surface area contributed by atoms with Gasteiger partial charge in [-0.15, -0.1) is 0 Å². The molecule has 0 aliphatic carbocycles. The lowest BCUT2D eigenvalue weighted by atomic mass is 9.83. The molecular formula is C15H33NO. The lowest BCUT2D eigenvalue weighted by Gasteiger charge is -2.38. The molecule has 0 aromatic carbocycles. The molecule has 0 rings (SSSR count). The van der Waals surface area contributed by atoms with Gasteiger partial charge in [0.05, 0.1) is 6.10 Å². The van der Waals surface area contributed by atoms with Crippen molar-refractivity contribution in [1.29, 1.82) is 0 Å². The monoisotopic (exact) mass is 243 g/mol. The van der Waals surface area contributed by atoms with Crippen molar-refractivity contribution >= 4 is 0 Å². The summed E-state index contributed by atoms with van der Waals surface area (Å²) in [7, 11) is 4.06. The minimum atomic E-state index is -0.257. The van der Waals surface area contributed by atoms with Crippen LogP contribution in [0.2, 0.25) is 0 Å². The van der Waals surface area contributed by atoms with Gasteiger partial charge >= 0.3 is 0 Å². The zero-order valence-electron chi connectivity index (χ0n) is 13.2. The van der Waals surface area contributed by atoms with E-state index >= 15 is 0 Å². The third-order valence-corrected chi connectivity index (χ3v) is 3.98. The van der Waals surface area contributed by atoms with Crippen molar-refractivity contribution in [3.63, 3.8) is 0 Å². The molecule has 0 aliphatic rings. The minimum Gasteiger partial charge on any atom is -0.391 e. The number of rotatable bonds is 6. The molecule has 2 nitrogen and oxygen atoms in total. The van der Waals surface area contributed by atoms with E-state index in [1.807, 2.05) is 14.1 Å². The van der Waals surface area contributed by atoms with Crippen molar-refractivity contribution in [2.75, 3.05) is 14.1 Å². The maximum absolute atomic E-state index is 10.3. The van der Waals surface area contributed by atoms with Gasteiger partial charge in [-0.1, -0.05) is 34.1 Å². The fourth-order valence-electron chi connectivity index (χ4n) is 1.76. The number of aliphatic hydroxyl groups excluding tert-OH is 1. The van der Waals surface area contributed by atoms with Crippen LogP contribution in [0, 0.1) is 11.3 Å². The summed E-state index contributed by atoms with van der Waals surface area (Å²) in [6, 6.07) is 0. The van der Waals surface area contributed by atoms with Crippen LogP contribution in [-0.4, -0.2) is 35.7 Å². The van der Waals surface area contributed by atoms with Crippen molar-refractivity contribution in [1.82, 2.24) is 4.90 Å². The Balaban J connectivity index is 4.17. The minimum absolute atomic E-state index is 0.143. The highest BCUT2D eigenvalue weighted by atomic mass is 16.3. The summed E-state index contributed by atoms with van der Waals surface area (Å²) in [6.45, 7) is 13.3. The summed E-state index contributed by atoms with van der Waals surface area (Å²) in [4.78, 5) is 2.11. The van der Waals surface area contributed by atoms with Crippen LogP contribution >= 0.6 is 0 Å². The van der Waals surface area contributed by atoms with Crippen LogP contribution in [0.1, 0.15) is 60.8 Å². The standard InChI is InChI=1S/C15H33NO/c1-12(9-10-14(2,3)4)11-13(17)15(5,6)16(7)8/h12-13,17H,9-11H2,1-8H3. The predicted molar refractivity (Wildman–Crippen MR) is 76.2 cm³/mol. The molecule has 0 aliphatic heterocycles. The average Bonchev–Trinajstić information content (AvgIpc) is 2.13. The van der Waals surface area contributed by atoms with Gasteiger partial charge in [-0.05, 0) is 52.1 Å². The first-order valence-corrected chi connectivity index (χ1v) is 6.82. The molecule has 0 spiro atoms. The van der Waals surface area contributed by atoms with Gasteiger partial charge in [0.25, 0.3) is 0 Å². The normalized spacial score (nSPS) is 17.3. The highest BCUT2D eigenvalue weighted by molar-refractivity contribution is 4.86. The highest BCUT2D eigenvalue weighted by Crippen LogP contribution is 2.28. The fourth-order valence-corrected chi connectivity index (χ4v) is 1.76. The smallest absolute Gasteiger partial charge is 0.0720 e. The van der Waals surface area contributed by atoms with Gasteiger partial charge in [0, 0.05) is 5.54 Å². The second kappa shape index (κ2) is 6.19. The Bertz CT molecular complexity index is 215. The number of hydrogen-bond donors (Lipinski definition) is 1. The van der Waals surface area contributed by atoms with E-state index in [9.17, 15) is 5.11 Å². The summed E-state index contributed by atoms with van der Waals surface area (Å²) < 4.78 is 0. The van der Waals surface area contributed by atoms with E-state index in [0.717, 1.165) is 6.42 Å². The van der Waals surface area contributed by atoms with Gasteiger partial charge in [-0.2, -0.15) is 0 Å². The number of nitrogens with zero attached hydrogens (tertiary/aromatic N) is 1. The van der Waals surface area contributed by atoms with Crippen LogP contribution in [0.25, 0.3) is 0 Å². The van der Waals surface area contributed by atoms with Crippen molar-refractivity contribution in [3.05, 3.63) is 0 Å². The molecule has 17 heavy (non-hydrogen) atoms. The van der Waals surface area contributed by atoms with Gasteiger partial charge in [0.2, 0.25) is 0 Å². The lowest BCUT2D eigenvalue weighted by molar-refractivity contribution is 0.00223. The summed E-state index contributed by atoms with van der Waals surface area (Å²) in [5.41, 5.74) is 0.256. The van der Waals surface area contributed by atoms with Crippen LogP contribution in [0.4, 0.5) is 0 Å². The fraction of sp³-hybridized carbons (Fsp3) is 1.00. The second-order valence-corrected chi connectivity index (χ2v) is 7.50. The van der Waals surface area contributed by atoms with Crippen molar-refractivity contribution < 1.29 is 5.11 Å². The first-order chi connectivity index (χ1) is 7.47. The molecule has 1 N–H and O–H groups in total. The molecule has 104 valence electrons. The zero-order chi connectivity index (χ0) is 13.9. The Morgan fingerprint density at radius 2 is 1.53 bits per heavy atom. The van der Waals surface area contributed by atoms with Crippen molar-refractivity contribution in [2.45, 2.75) is 72.4 Å². The van der Waals surface area contributed by atoms with Crippen molar-refractivity contribution in [3.8, 4) is 0 Å². The number of aliphatic hydroxyl groups is 1. The Hall–Kier alpha value is -0.0800. The molecule has 0 saturated heterocycles. The quantitative estimate of drug-likeness (QED) is 0.771. The van der Waals surface area contributed by atoms with E-state index in [4.69, 9.17) is 0 Å². The maximum atomic E-state index is 10.3. The molecule has 0 radical (unpaired) electrons. The lowest BCUT2D eigenvalue weighted by Crippen LogP contribution is -2.49. The van der Waals surface area contributed by atoms with Gasteiger partial charge in [-0.3, -0.25) is 0 Å². The van der Waals surface area contributed by atoms with Crippen LogP contribution in [0.15, 0.2) is 0 Å². The van der Waals surface area contributed by atoms with E-state index in [0.29, 0.717) is 11.3 Å². The molecule has 2 heteroatoms. The summed E-state index contributed by atoms with van der Waals surface area (Å²) >= 11 is 0. The van der Waals surface area contributed by atoms with E-state index < -0.39 is 0 Å². The zero-order valence-corrected chi connectivity index (χ0v) is 13.2. The van der Waals surface area contributed by atoms with Crippen LogP contribution in [-0.2, 0) is 0 Å². The van der Waals surface area contributed by atoms with E-state index in [2.05, 4.69) is 46.4 Å². The van der Waals surface area contributed by atoms with Crippen LogP contribution in [0.3, 0.4) is 0 Å². The Labute approximate surface area is 108 Å². The molecule has 2 atom stereocenters. The average molecular weight is 243 g/mol. The third kappa shape index (κ3) is 6.42. The van der Waals surface area contributed by atoms with E-state index in [1.54, 1.807) is 0 Å². The van der Waals surface area contributed by atoms with Gasteiger partial charge in [0.1, 0.15) is 0 Å². The molecule has 0 bridgehead atoms. The highest BCUT2D eigenvalue weighted by Gasteiger charge is 2.31. The molecular weight excluding hydrogens is 210 g/mol. The second-order valence-electron chi connectivity index (χ2n) is 7.50. The molecule has 0 fully saturated rings. The van der Waals surface area contributed by atoms with E-state index in [1.165, 1.54) is 12.8 Å². The van der Waals surface area contributed by atoms with E-state index in [-0.39, 0.29) is 11.6 Å².